The Morgan fingerprint density at radius 3 is 2.62 bits per heavy atom. The van der Waals surface area contributed by atoms with Crippen molar-refractivity contribution in [1.82, 2.24) is 0 Å². The van der Waals surface area contributed by atoms with Crippen molar-refractivity contribution in [3.05, 3.63) is 0 Å². The van der Waals surface area contributed by atoms with E-state index in [9.17, 15) is 0 Å². The first kappa shape index (κ1) is 4.80. The van der Waals surface area contributed by atoms with Gasteiger partial charge in [0.1, 0.15) is 0 Å². The number of fused-ring (bicyclic) bond motifs is 1. The Bertz CT molecular complexity index is 122. The lowest BCUT2D eigenvalue weighted by Crippen LogP contribution is -2.02. The third kappa shape index (κ3) is 0.334. The molecular formula is C7H12O. The molecule has 0 bridgehead atoms. The van der Waals surface area contributed by atoms with Crippen LogP contribution >= 0.6 is 0 Å². The van der Waals surface area contributed by atoms with Gasteiger partial charge in [-0.25, -0.2) is 0 Å². The fourth-order valence-corrected chi connectivity index (χ4v) is 1.89. The van der Waals surface area contributed by atoms with Crippen molar-refractivity contribution in [3.8, 4) is 0 Å². The SMILES string of the molecule is CC1C2COCC12C. The molecule has 0 radical (unpaired) electrons. The second-order valence-electron chi connectivity index (χ2n) is 3.42. The lowest BCUT2D eigenvalue weighted by atomic mass is 10.1. The molecule has 0 aromatic rings. The Morgan fingerprint density at radius 2 is 2.38 bits per heavy atom. The zero-order valence-corrected chi connectivity index (χ0v) is 5.48. The lowest BCUT2D eigenvalue weighted by Gasteiger charge is -2.02. The quantitative estimate of drug-likeness (QED) is 0.459. The maximum atomic E-state index is 5.28. The summed E-state index contributed by atoms with van der Waals surface area (Å²) in [6.45, 7) is 6.69. The minimum absolute atomic E-state index is 0.597. The molecule has 2 rings (SSSR count). The zero-order valence-electron chi connectivity index (χ0n) is 5.48. The van der Waals surface area contributed by atoms with Crippen LogP contribution in [0.25, 0.3) is 0 Å². The van der Waals surface area contributed by atoms with Crippen LogP contribution in [0.1, 0.15) is 13.8 Å². The van der Waals surface area contributed by atoms with Gasteiger partial charge in [-0.1, -0.05) is 13.8 Å². The molecule has 1 saturated carbocycles. The monoisotopic (exact) mass is 112 g/mol. The summed E-state index contributed by atoms with van der Waals surface area (Å²) >= 11 is 0. The van der Waals surface area contributed by atoms with Crippen LogP contribution in [0.15, 0.2) is 0 Å². The minimum atomic E-state index is 0.597. The molecule has 3 unspecified atom stereocenters. The van der Waals surface area contributed by atoms with Gasteiger partial charge in [0, 0.05) is 0 Å². The maximum absolute atomic E-state index is 5.28. The topological polar surface area (TPSA) is 9.23 Å². The Kier molecular flexibility index (Phi) is 0.663. The highest BCUT2D eigenvalue weighted by Crippen LogP contribution is 2.61. The first-order valence-corrected chi connectivity index (χ1v) is 3.33. The molecule has 1 heterocycles. The van der Waals surface area contributed by atoms with Gasteiger partial charge in [-0.15, -0.1) is 0 Å². The van der Waals surface area contributed by atoms with Gasteiger partial charge in [0.2, 0.25) is 0 Å². The largest absolute Gasteiger partial charge is 0.381 e. The van der Waals surface area contributed by atoms with Gasteiger partial charge in [-0.05, 0) is 17.3 Å². The van der Waals surface area contributed by atoms with E-state index in [1.165, 1.54) is 0 Å². The molecule has 3 atom stereocenters. The van der Waals surface area contributed by atoms with E-state index >= 15 is 0 Å². The van der Waals surface area contributed by atoms with Crippen LogP contribution in [0.2, 0.25) is 0 Å². The summed E-state index contributed by atoms with van der Waals surface area (Å²) in [5.74, 6) is 1.85. The molecule has 1 nitrogen and oxygen atoms in total. The molecule has 1 aliphatic heterocycles. The van der Waals surface area contributed by atoms with Crippen molar-refractivity contribution in [3.63, 3.8) is 0 Å². The molecule has 0 spiro atoms. The molecule has 46 valence electrons. The summed E-state index contributed by atoms with van der Waals surface area (Å²) in [6, 6.07) is 0. The summed E-state index contributed by atoms with van der Waals surface area (Å²) in [5.41, 5.74) is 0.597. The van der Waals surface area contributed by atoms with E-state index in [4.69, 9.17) is 4.74 Å². The molecule has 0 aromatic heterocycles. The Morgan fingerprint density at radius 1 is 1.62 bits per heavy atom. The second kappa shape index (κ2) is 1.10. The highest BCUT2D eigenvalue weighted by atomic mass is 16.5. The van der Waals surface area contributed by atoms with E-state index in [0.29, 0.717) is 5.41 Å². The molecular weight excluding hydrogens is 100 g/mol. The first-order chi connectivity index (χ1) is 3.75. The fourth-order valence-electron chi connectivity index (χ4n) is 1.89. The van der Waals surface area contributed by atoms with Gasteiger partial charge in [-0.2, -0.15) is 0 Å². The highest BCUT2D eigenvalue weighted by Gasteiger charge is 2.61. The summed E-state index contributed by atoms with van der Waals surface area (Å²) in [5, 5.41) is 0. The van der Waals surface area contributed by atoms with Crippen molar-refractivity contribution in [1.29, 1.82) is 0 Å². The van der Waals surface area contributed by atoms with Gasteiger partial charge in [0.25, 0.3) is 0 Å². The van der Waals surface area contributed by atoms with Gasteiger partial charge < -0.3 is 4.74 Å². The fraction of sp³-hybridized carbons (Fsp3) is 1.00. The Hall–Kier alpha value is -0.0400. The van der Waals surface area contributed by atoms with Crippen molar-refractivity contribution >= 4 is 0 Å². The Balaban J connectivity index is 2.18. The average Bonchev–Trinajstić information content (AvgIpc) is 2.23. The van der Waals surface area contributed by atoms with Crippen LogP contribution in [0.5, 0.6) is 0 Å². The van der Waals surface area contributed by atoms with E-state index in [1.807, 2.05) is 0 Å². The molecule has 8 heavy (non-hydrogen) atoms. The van der Waals surface area contributed by atoms with Crippen LogP contribution in [-0.4, -0.2) is 13.2 Å². The van der Waals surface area contributed by atoms with E-state index in [0.717, 1.165) is 25.0 Å². The van der Waals surface area contributed by atoms with Gasteiger partial charge in [0.05, 0.1) is 13.2 Å². The van der Waals surface area contributed by atoms with E-state index in [1.54, 1.807) is 0 Å². The first-order valence-electron chi connectivity index (χ1n) is 3.33. The molecule has 2 aliphatic rings. The van der Waals surface area contributed by atoms with Crippen molar-refractivity contribution in [2.75, 3.05) is 13.2 Å². The van der Waals surface area contributed by atoms with E-state index in [2.05, 4.69) is 13.8 Å². The summed E-state index contributed by atoms with van der Waals surface area (Å²) < 4.78 is 5.28. The third-order valence-electron chi connectivity index (χ3n) is 3.09. The molecule has 0 N–H and O–H groups in total. The predicted molar refractivity (Wildman–Crippen MR) is 31.6 cm³/mol. The van der Waals surface area contributed by atoms with Gasteiger partial charge in [0.15, 0.2) is 0 Å². The molecule has 1 heteroatoms. The second-order valence-corrected chi connectivity index (χ2v) is 3.42. The molecule has 1 saturated heterocycles. The smallest absolute Gasteiger partial charge is 0.0526 e. The summed E-state index contributed by atoms with van der Waals surface area (Å²) in [4.78, 5) is 0. The number of ether oxygens (including phenoxy) is 1. The van der Waals surface area contributed by atoms with Crippen LogP contribution < -0.4 is 0 Å². The van der Waals surface area contributed by atoms with E-state index in [-0.39, 0.29) is 0 Å². The van der Waals surface area contributed by atoms with Crippen LogP contribution in [0.4, 0.5) is 0 Å². The molecule has 1 aliphatic carbocycles. The maximum Gasteiger partial charge on any atom is 0.0526 e. The lowest BCUT2D eigenvalue weighted by molar-refractivity contribution is 0.136. The third-order valence-corrected chi connectivity index (χ3v) is 3.09. The van der Waals surface area contributed by atoms with E-state index < -0.39 is 0 Å². The van der Waals surface area contributed by atoms with Crippen molar-refractivity contribution < 1.29 is 4.74 Å². The number of rotatable bonds is 0. The highest BCUT2D eigenvalue weighted by molar-refractivity contribution is 5.08. The van der Waals surface area contributed by atoms with Gasteiger partial charge in [-0.3, -0.25) is 0 Å². The molecule has 0 aromatic carbocycles. The minimum Gasteiger partial charge on any atom is -0.381 e. The van der Waals surface area contributed by atoms with Crippen LogP contribution in [-0.2, 0) is 4.74 Å². The van der Waals surface area contributed by atoms with Crippen LogP contribution in [0.3, 0.4) is 0 Å². The average molecular weight is 112 g/mol. The van der Waals surface area contributed by atoms with Crippen molar-refractivity contribution in [2.24, 2.45) is 17.3 Å². The molecule has 0 amide bonds. The van der Waals surface area contributed by atoms with Crippen LogP contribution in [0, 0.1) is 17.3 Å². The zero-order chi connectivity index (χ0) is 5.78. The molecule has 2 fully saturated rings. The van der Waals surface area contributed by atoms with Crippen molar-refractivity contribution in [2.45, 2.75) is 13.8 Å². The predicted octanol–water partition coefficient (Wildman–Crippen LogP) is 1.29. The van der Waals surface area contributed by atoms with Gasteiger partial charge >= 0.3 is 0 Å². The standard InChI is InChI=1S/C7H12O/c1-5-6-3-8-4-7(5,6)2/h5-6H,3-4H2,1-2H3. The number of hydrogen-bond donors (Lipinski definition) is 0. The summed E-state index contributed by atoms with van der Waals surface area (Å²) in [7, 11) is 0. The number of hydrogen-bond acceptors (Lipinski definition) is 1. The Labute approximate surface area is 50.0 Å². The summed E-state index contributed by atoms with van der Waals surface area (Å²) in [6.07, 6.45) is 0. The normalized spacial score (nSPS) is 60.8.